The van der Waals surface area contributed by atoms with Crippen LogP contribution in [0, 0.1) is 0 Å². The summed E-state index contributed by atoms with van der Waals surface area (Å²) in [5, 5.41) is 5.39. The van der Waals surface area contributed by atoms with Gasteiger partial charge in [0.25, 0.3) is 11.5 Å². The molecule has 4 aromatic rings. The fourth-order valence-electron chi connectivity index (χ4n) is 3.07. The number of aromatic nitrogens is 4. The van der Waals surface area contributed by atoms with E-state index < -0.39 is 0 Å². The van der Waals surface area contributed by atoms with E-state index in [2.05, 4.69) is 15.5 Å². The molecule has 0 aliphatic heterocycles. The lowest BCUT2D eigenvalue weighted by Crippen LogP contribution is -2.30. The maximum atomic E-state index is 13.0. The number of amides is 1. The molecule has 0 bridgehead atoms. The molecule has 2 aromatic heterocycles. The van der Waals surface area contributed by atoms with Crippen molar-refractivity contribution >= 4 is 27.7 Å². The molecule has 0 atom stereocenters. The van der Waals surface area contributed by atoms with E-state index in [1.807, 2.05) is 31.2 Å². The standard InChI is InChI=1S/C20H19N5O2/c1-2-3-12-24-20(27)15-9-5-4-8-14(15)18(22-24)19(26)23-25-13-21-16-10-6-7-11-17(16)25/h4-11,13H,2-3,12H2,1H3,(H,23,26). The number of carbonyl (C=O) groups is 1. The number of carbonyl (C=O) groups excluding carboxylic acids is 1. The molecule has 0 saturated carbocycles. The minimum absolute atomic E-state index is 0.177. The number of nitrogens with one attached hydrogen (secondary N) is 1. The van der Waals surface area contributed by atoms with E-state index in [1.54, 1.807) is 35.3 Å². The van der Waals surface area contributed by atoms with Crippen molar-refractivity contribution in [2.24, 2.45) is 0 Å². The van der Waals surface area contributed by atoms with Crippen LogP contribution in [-0.2, 0) is 6.54 Å². The number of rotatable bonds is 5. The smallest absolute Gasteiger partial charge is 0.267 e. The summed E-state index contributed by atoms with van der Waals surface area (Å²) in [6.07, 6.45) is 3.31. The van der Waals surface area contributed by atoms with Gasteiger partial charge in [0, 0.05) is 11.9 Å². The zero-order chi connectivity index (χ0) is 18.8. The predicted octanol–water partition coefficient (Wildman–Crippen LogP) is 2.93. The third-order valence-corrected chi connectivity index (χ3v) is 4.48. The monoisotopic (exact) mass is 361 g/mol. The Morgan fingerprint density at radius 2 is 1.81 bits per heavy atom. The van der Waals surface area contributed by atoms with E-state index in [4.69, 9.17) is 0 Å². The Morgan fingerprint density at radius 1 is 1.07 bits per heavy atom. The highest BCUT2D eigenvalue weighted by molar-refractivity contribution is 6.08. The van der Waals surface area contributed by atoms with Gasteiger partial charge >= 0.3 is 0 Å². The number of para-hydroxylation sites is 2. The van der Waals surface area contributed by atoms with Crippen LogP contribution in [0.3, 0.4) is 0 Å². The molecule has 4 rings (SSSR count). The molecule has 0 unspecified atom stereocenters. The normalized spacial score (nSPS) is 11.1. The van der Waals surface area contributed by atoms with Crippen molar-refractivity contribution < 1.29 is 4.79 Å². The van der Waals surface area contributed by atoms with Crippen molar-refractivity contribution in [3.8, 4) is 0 Å². The Morgan fingerprint density at radius 3 is 2.63 bits per heavy atom. The number of benzene rings is 2. The fraction of sp³-hybridized carbons (Fsp3) is 0.200. The van der Waals surface area contributed by atoms with E-state index >= 15 is 0 Å². The van der Waals surface area contributed by atoms with Crippen molar-refractivity contribution in [3.63, 3.8) is 0 Å². The molecule has 7 heteroatoms. The molecule has 0 aliphatic carbocycles. The van der Waals surface area contributed by atoms with Gasteiger partial charge in [-0.25, -0.2) is 14.3 Å². The molecule has 2 heterocycles. The Balaban J connectivity index is 1.78. The summed E-state index contributed by atoms with van der Waals surface area (Å²) in [5.74, 6) is -0.389. The van der Waals surface area contributed by atoms with E-state index in [9.17, 15) is 9.59 Å². The van der Waals surface area contributed by atoms with Crippen LogP contribution in [0.15, 0.2) is 59.7 Å². The van der Waals surface area contributed by atoms with Gasteiger partial charge in [0.15, 0.2) is 5.69 Å². The van der Waals surface area contributed by atoms with Crippen molar-refractivity contribution in [2.75, 3.05) is 5.43 Å². The number of unbranched alkanes of at least 4 members (excludes halogenated alkanes) is 1. The van der Waals surface area contributed by atoms with Gasteiger partial charge in [-0.05, 0) is 24.6 Å². The number of hydrogen-bond acceptors (Lipinski definition) is 4. The first-order chi connectivity index (χ1) is 13.2. The molecule has 136 valence electrons. The number of aryl methyl sites for hydroxylation is 1. The predicted molar refractivity (Wildman–Crippen MR) is 104 cm³/mol. The quantitative estimate of drug-likeness (QED) is 0.592. The molecule has 2 aromatic carbocycles. The van der Waals surface area contributed by atoms with E-state index in [1.165, 1.54) is 4.68 Å². The lowest BCUT2D eigenvalue weighted by Gasteiger charge is -2.11. The topological polar surface area (TPSA) is 81.8 Å². The van der Waals surface area contributed by atoms with Gasteiger partial charge in [0.05, 0.1) is 16.4 Å². The number of hydrogen-bond donors (Lipinski definition) is 1. The molecule has 0 fully saturated rings. The van der Waals surface area contributed by atoms with Crippen molar-refractivity contribution in [2.45, 2.75) is 26.3 Å². The van der Waals surface area contributed by atoms with Crippen LogP contribution in [0.25, 0.3) is 21.8 Å². The van der Waals surface area contributed by atoms with Crippen LogP contribution < -0.4 is 11.0 Å². The average molecular weight is 361 g/mol. The first-order valence-electron chi connectivity index (χ1n) is 8.92. The van der Waals surface area contributed by atoms with Gasteiger partial charge in [0.1, 0.15) is 6.33 Å². The second-order valence-corrected chi connectivity index (χ2v) is 6.32. The van der Waals surface area contributed by atoms with Crippen molar-refractivity contribution in [3.05, 3.63) is 70.9 Å². The van der Waals surface area contributed by atoms with Crippen LogP contribution in [0.4, 0.5) is 0 Å². The third kappa shape index (κ3) is 3.08. The number of nitrogens with zero attached hydrogens (tertiary/aromatic N) is 4. The highest BCUT2D eigenvalue weighted by atomic mass is 16.2. The highest BCUT2D eigenvalue weighted by Gasteiger charge is 2.17. The molecule has 0 saturated heterocycles. The SMILES string of the molecule is CCCCn1nc(C(=O)Nn2cnc3ccccc32)c2ccccc2c1=O. The lowest BCUT2D eigenvalue weighted by atomic mass is 10.1. The summed E-state index contributed by atoms with van der Waals surface area (Å²) in [5.41, 5.74) is 4.43. The van der Waals surface area contributed by atoms with Crippen LogP contribution in [0.1, 0.15) is 30.3 Å². The van der Waals surface area contributed by atoms with Crippen LogP contribution in [0.2, 0.25) is 0 Å². The minimum Gasteiger partial charge on any atom is -0.267 e. The van der Waals surface area contributed by atoms with Crippen LogP contribution in [0.5, 0.6) is 0 Å². The molecule has 1 amide bonds. The zero-order valence-corrected chi connectivity index (χ0v) is 14.9. The summed E-state index contributed by atoms with van der Waals surface area (Å²) in [6.45, 7) is 2.53. The first-order valence-corrected chi connectivity index (χ1v) is 8.92. The van der Waals surface area contributed by atoms with Crippen LogP contribution in [-0.4, -0.2) is 25.3 Å². The summed E-state index contributed by atoms with van der Waals surface area (Å²) in [6, 6.07) is 14.6. The maximum absolute atomic E-state index is 13.0. The maximum Gasteiger partial charge on any atom is 0.291 e. The minimum atomic E-state index is -0.389. The Labute approximate surface area is 155 Å². The number of imidazole rings is 1. The molecule has 1 N–H and O–H groups in total. The Hall–Kier alpha value is -3.48. The summed E-state index contributed by atoms with van der Waals surface area (Å²) in [4.78, 5) is 29.9. The van der Waals surface area contributed by atoms with Gasteiger partial charge in [-0.15, -0.1) is 0 Å². The average Bonchev–Trinajstić information content (AvgIpc) is 3.10. The van der Waals surface area contributed by atoms with Gasteiger partial charge in [-0.2, -0.15) is 5.10 Å². The van der Waals surface area contributed by atoms with Gasteiger partial charge in [-0.1, -0.05) is 43.7 Å². The van der Waals surface area contributed by atoms with Crippen LogP contribution >= 0.6 is 0 Å². The largest absolute Gasteiger partial charge is 0.291 e. The van der Waals surface area contributed by atoms with Gasteiger partial charge < -0.3 is 0 Å². The third-order valence-electron chi connectivity index (χ3n) is 4.48. The Bertz CT molecular complexity index is 1190. The summed E-state index contributed by atoms with van der Waals surface area (Å²) >= 11 is 0. The second kappa shape index (κ2) is 7.03. The van der Waals surface area contributed by atoms with E-state index in [0.717, 1.165) is 23.9 Å². The molecular formula is C20H19N5O2. The van der Waals surface area contributed by atoms with E-state index in [-0.39, 0.29) is 17.2 Å². The molecular weight excluding hydrogens is 342 g/mol. The Kier molecular flexibility index (Phi) is 4.42. The fourth-order valence-corrected chi connectivity index (χ4v) is 3.07. The second-order valence-electron chi connectivity index (χ2n) is 6.32. The molecule has 0 aliphatic rings. The number of fused-ring (bicyclic) bond motifs is 2. The van der Waals surface area contributed by atoms with Crippen molar-refractivity contribution in [1.29, 1.82) is 0 Å². The molecule has 27 heavy (non-hydrogen) atoms. The first kappa shape index (κ1) is 17.0. The highest BCUT2D eigenvalue weighted by Crippen LogP contribution is 2.15. The molecule has 7 nitrogen and oxygen atoms in total. The van der Waals surface area contributed by atoms with Gasteiger partial charge in [0.2, 0.25) is 0 Å². The zero-order valence-electron chi connectivity index (χ0n) is 14.9. The summed E-state index contributed by atoms with van der Waals surface area (Å²) < 4.78 is 2.95. The van der Waals surface area contributed by atoms with Gasteiger partial charge in [-0.3, -0.25) is 15.0 Å². The van der Waals surface area contributed by atoms with E-state index in [0.29, 0.717) is 17.3 Å². The lowest BCUT2D eigenvalue weighted by molar-refractivity contribution is 0.100. The van der Waals surface area contributed by atoms with Crippen molar-refractivity contribution in [1.82, 2.24) is 19.4 Å². The molecule has 0 radical (unpaired) electrons. The summed E-state index contributed by atoms with van der Waals surface area (Å²) in [7, 11) is 0. The molecule has 0 spiro atoms.